The van der Waals surface area contributed by atoms with Gasteiger partial charge in [-0.1, -0.05) is 60.7 Å². The number of hydrogen-bond acceptors (Lipinski definition) is 3. The summed E-state index contributed by atoms with van der Waals surface area (Å²) >= 11 is 0. The minimum absolute atomic E-state index is 0.164. The molecule has 2 atom stereocenters. The zero-order chi connectivity index (χ0) is 17.3. The van der Waals surface area contributed by atoms with Gasteiger partial charge >= 0.3 is 0 Å². The number of hydrogen-bond donors (Lipinski definition) is 1. The maximum absolute atomic E-state index is 10.3. The molecule has 3 aromatic rings. The molecular weight excluding hydrogens is 308 g/mol. The lowest BCUT2D eigenvalue weighted by atomic mass is 9.70. The third kappa shape index (κ3) is 2.27. The number of benzene rings is 3. The molecule has 0 aliphatic carbocycles. The lowest BCUT2D eigenvalue weighted by molar-refractivity contribution is 0.414. The molecule has 0 bridgehead atoms. The van der Waals surface area contributed by atoms with E-state index in [1.54, 1.807) is 7.11 Å². The van der Waals surface area contributed by atoms with E-state index in [0.717, 1.165) is 28.1 Å². The molecule has 0 saturated heterocycles. The predicted molar refractivity (Wildman–Crippen MR) is 98.6 cm³/mol. The molecule has 0 spiro atoms. The lowest BCUT2D eigenvalue weighted by Crippen LogP contribution is -2.32. The molecule has 0 amide bonds. The largest absolute Gasteiger partial charge is 0.497 e. The average molecular weight is 326 g/mol. The fraction of sp³-hybridized carbons (Fsp3) is 0.136. The summed E-state index contributed by atoms with van der Waals surface area (Å²) in [6, 6.07) is 28.5. The van der Waals surface area contributed by atoms with Crippen molar-refractivity contribution in [3.05, 3.63) is 95.6 Å². The van der Waals surface area contributed by atoms with Crippen LogP contribution in [-0.4, -0.2) is 7.11 Å². The standard InChI is InChI=1S/C22H18N2O/c1-25-18-13-11-16(12-14-18)21-22(15-23,17-7-3-2-4-8-17)19-9-5-6-10-20(19)24-21/h2-14,21,24H,1H3/t21-,22+/m1/s1. The second kappa shape index (κ2) is 5.99. The van der Waals surface area contributed by atoms with Crippen molar-refractivity contribution < 1.29 is 4.74 Å². The number of nitrogens with one attached hydrogen (secondary N) is 1. The summed E-state index contributed by atoms with van der Waals surface area (Å²) < 4.78 is 5.27. The molecule has 0 fully saturated rings. The topological polar surface area (TPSA) is 45.0 Å². The predicted octanol–water partition coefficient (Wildman–Crippen LogP) is 4.67. The molecule has 25 heavy (non-hydrogen) atoms. The lowest BCUT2D eigenvalue weighted by Gasteiger charge is -2.30. The maximum atomic E-state index is 10.3. The molecule has 1 aliphatic heterocycles. The number of fused-ring (bicyclic) bond motifs is 1. The summed E-state index contributed by atoms with van der Waals surface area (Å²) in [5.74, 6) is 0.807. The van der Waals surface area contributed by atoms with Crippen molar-refractivity contribution in [2.75, 3.05) is 12.4 Å². The van der Waals surface area contributed by atoms with E-state index < -0.39 is 5.41 Å². The number of nitriles is 1. The first-order valence-corrected chi connectivity index (χ1v) is 8.26. The van der Waals surface area contributed by atoms with E-state index >= 15 is 0 Å². The van der Waals surface area contributed by atoms with Crippen molar-refractivity contribution in [2.24, 2.45) is 0 Å². The highest BCUT2D eigenvalue weighted by Crippen LogP contribution is 2.52. The summed E-state index contributed by atoms with van der Waals surface area (Å²) in [6.45, 7) is 0. The van der Waals surface area contributed by atoms with Gasteiger partial charge in [-0.25, -0.2) is 0 Å². The van der Waals surface area contributed by atoms with E-state index in [-0.39, 0.29) is 6.04 Å². The summed E-state index contributed by atoms with van der Waals surface area (Å²) in [7, 11) is 1.65. The molecule has 0 saturated carbocycles. The Morgan fingerprint density at radius 1 is 0.920 bits per heavy atom. The number of para-hydroxylation sites is 1. The molecular formula is C22H18N2O. The molecule has 1 heterocycles. The first-order chi connectivity index (χ1) is 12.3. The Balaban J connectivity index is 1.93. The second-order valence-corrected chi connectivity index (χ2v) is 6.18. The van der Waals surface area contributed by atoms with Gasteiger partial charge in [0, 0.05) is 11.3 Å². The number of ether oxygens (including phenoxy) is 1. The zero-order valence-electron chi connectivity index (χ0n) is 13.9. The van der Waals surface area contributed by atoms with Crippen LogP contribution in [0.3, 0.4) is 0 Å². The van der Waals surface area contributed by atoms with E-state index in [1.165, 1.54) is 0 Å². The van der Waals surface area contributed by atoms with E-state index in [9.17, 15) is 5.26 Å². The molecule has 122 valence electrons. The summed E-state index contributed by atoms with van der Waals surface area (Å²) in [5, 5.41) is 13.9. The number of nitrogens with zero attached hydrogens (tertiary/aromatic N) is 1. The monoisotopic (exact) mass is 326 g/mol. The van der Waals surface area contributed by atoms with Crippen molar-refractivity contribution in [3.63, 3.8) is 0 Å². The summed E-state index contributed by atoms with van der Waals surface area (Å²) in [4.78, 5) is 0. The molecule has 3 aromatic carbocycles. The van der Waals surface area contributed by atoms with Crippen LogP contribution in [0.5, 0.6) is 5.75 Å². The summed E-state index contributed by atoms with van der Waals surface area (Å²) in [6.07, 6.45) is 0. The van der Waals surface area contributed by atoms with Crippen molar-refractivity contribution in [1.29, 1.82) is 5.26 Å². The van der Waals surface area contributed by atoms with Gasteiger partial charge in [-0.2, -0.15) is 5.26 Å². The van der Waals surface area contributed by atoms with Crippen molar-refractivity contribution in [2.45, 2.75) is 11.5 Å². The van der Waals surface area contributed by atoms with E-state index in [2.05, 4.69) is 11.4 Å². The fourth-order valence-electron chi connectivity index (χ4n) is 3.71. The van der Waals surface area contributed by atoms with Gasteiger partial charge in [-0.3, -0.25) is 0 Å². The number of methoxy groups -OCH3 is 1. The van der Waals surface area contributed by atoms with Crippen molar-refractivity contribution in [1.82, 2.24) is 0 Å². The Labute approximate surface area is 147 Å². The Morgan fingerprint density at radius 2 is 1.60 bits per heavy atom. The molecule has 1 aliphatic rings. The van der Waals surface area contributed by atoms with Gasteiger partial charge in [-0.05, 0) is 29.3 Å². The Hall–Kier alpha value is -3.25. The molecule has 0 aromatic heterocycles. The smallest absolute Gasteiger partial charge is 0.133 e. The molecule has 3 heteroatoms. The van der Waals surface area contributed by atoms with Crippen LogP contribution in [0.2, 0.25) is 0 Å². The third-order valence-electron chi connectivity index (χ3n) is 4.94. The van der Waals surface area contributed by atoms with Crippen molar-refractivity contribution in [3.8, 4) is 11.8 Å². The average Bonchev–Trinajstić information content (AvgIpc) is 3.04. The molecule has 0 unspecified atom stereocenters. The normalized spacial score (nSPS) is 21.0. The SMILES string of the molecule is COc1ccc([C@H]2Nc3ccccc3[C@]2(C#N)c2ccccc2)cc1. The van der Waals surface area contributed by atoms with Crippen LogP contribution < -0.4 is 10.1 Å². The Kier molecular flexibility index (Phi) is 3.66. The quantitative estimate of drug-likeness (QED) is 0.760. The third-order valence-corrected chi connectivity index (χ3v) is 4.94. The van der Waals surface area contributed by atoms with Gasteiger partial charge < -0.3 is 10.1 Å². The van der Waals surface area contributed by atoms with Crippen LogP contribution in [-0.2, 0) is 5.41 Å². The van der Waals surface area contributed by atoms with E-state index in [0.29, 0.717) is 0 Å². The van der Waals surface area contributed by atoms with Crippen LogP contribution in [0, 0.1) is 11.3 Å². The van der Waals surface area contributed by atoms with Gasteiger partial charge in [0.2, 0.25) is 0 Å². The Bertz CT molecular complexity index is 928. The minimum Gasteiger partial charge on any atom is -0.497 e. The van der Waals surface area contributed by atoms with Crippen LogP contribution in [0.25, 0.3) is 0 Å². The van der Waals surface area contributed by atoms with E-state index in [4.69, 9.17) is 4.74 Å². The van der Waals surface area contributed by atoms with Crippen LogP contribution >= 0.6 is 0 Å². The number of anilines is 1. The first kappa shape index (κ1) is 15.3. The summed E-state index contributed by atoms with van der Waals surface area (Å²) in [5.41, 5.74) is 3.31. The van der Waals surface area contributed by atoms with Gasteiger partial charge in [0.25, 0.3) is 0 Å². The minimum atomic E-state index is -0.771. The first-order valence-electron chi connectivity index (χ1n) is 8.26. The maximum Gasteiger partial charge on any atom is 0.133 e. The van der Waals surface area contributed by atoms with Crippen molar-refractivity contribution >= 4 is 5.69 Å². The van der Waals surface area contributed by atoms with Gasteiger partial charge in [0.15, 0.2) is 0 Å². The molecule has 3 nitrogen and oxygen atoms in total. The number of rotatable bonds is 3. The highest BCUT2D eigenvalue weighted by molar-refractivity contribution is 5.70. The molecule has 0 radical (unpaired) electrons. The second-order valence-electron chi connectivity index (χ2n) is 6.18. The molecule has 4 rings (SSSR count). The van der Waals surface area contributed by atoms with Gasteiger partial charge in [0.1, 0.15) is 11.2 Å². The highest BCUT2D eigenvalue weighted by Gasteiger charge is 2.49. The Morgan fingerprint density at radius 3 is 2.28 bits per heavy atom. The van der Waals surface area contributed by atoms with Crippen LogP contribution in [0.4, 0.5) is 5.69 Å². The fourth-order valence-corrected chi connectivity index (χ4v) is 3.71. The highest BCUT2D eigenvalue weighted by atomic mass is 16.5. The van der Waals surface area contributed by atoms with E-state index in [1.807, 2.05) is 78.9 Å². The zero-order valence-corrected chi connectivity index (χ0v) is 13.9. The molecule has 1 N–H and O–H groups in total. The van der Waals surface area contributed by atoms with Crippen LogP contribution in [0.15, 0.2) is 78.9 Å². The van der Waals surface area contributed by atoms with Gasteiger partial charge in [0.05, 0.1) is 19.2 Å². The van der Waals surface area contributed by atoms with Gasteiger partial charge in [-0.15, -0.1) is 0 Å². The van der Waals surface area contributed by atoms with Crippen LogP contribution in [0.1, 0.15) is 22.7 Å².